The van der Waals surface area contributed by atoms with Gasteiger partial charge in [0.1, 0.15) is 12.0 Å². The lowest BCUT2D eigenvalue weighted by atomic mass is 10.3. The summed E-state index contributed by atoms with van der Waals surface area (Å²) >= 11 is 3.15. The molecule has 1 aromatic heterocycles. The van der Waals surface area contributed by atoms with Crippen molar-refractivity contribution in [1.29, 1.82) is 0 Å². The van der Waals surface area contributed by atoms with Gasteiger partial charge in [0, 0.05) is 4.47 Å². The highest BCUT2D eigenvalue weighted by Gasteiger charge is 2.18. The predicted octanol–water partition coefficient (Wildman–Crippen LogP) is 2.32. The Kier molecular flexibility index (Phi) is 4.05. The fourth-order valence-corrected chi connectivity index (χ4v) is 1.84. The summed E-state index contributed by atoms with van der Waals surface area (Å²) in [5, 5.41) is 13.6. The molecule has 0 aliphatic rings. The van der Waals surface area contributed by atoms with E-state index in [0.717, 1.165) is 6.20 Å². The van der Waals surface area contributed by atoms with E-state index in [4.69, 9.17) is 5.84 Å². The maximum atomic E-state index is 13.0. The number of halogens is 2. The highest BCUT2D eigenvalue weighted by atomic mass is 79.9. The van der Waals surface area contributed by atoms with Crippen LogP contribution in [0.15, 0.2) is 28.9 Å². The van der Waals surface area contributed by atoms with E-state index in [2.05, 4.69) is 36.6 Å². The molecule has 4 N–H and O–H groups in total. The number of nitrogens with zero attached hydrogens (tertiary/aromatic N) is 3. The summed E-state index contributed by atoms with van der Waals surface area (Å²) in [7, 11) is 0. The molecule has 0 saturated carbocycles. The molecule has 1 heterocycles. The van der Waals surface area contributed by atoms with Crippen molar-refractivity contribution in [3.63, 3.8) is 0 Å². The molecule has 0 radical (unpaired) electrons. The highest BCUT2D eigenvalue weighted by Crippen LogP contribution is 2.30. The third kappa shape index (κ3) is 2.97. The Bertz CT molecular complexity index is 668. The van der Waals surface area contributed by atoms with E-state index in [1.165, 1.54) is 18.2 Å². The number of nitro groups is 1. The minimum Gasteiger partial charge on any atom is -0.333 e. The Morgan fingerprint density at radius 3 is 2.80 bits per heavy atom. The first-order valence-corrected chi connectivity index (χ1v) is 6.00. The van der Waals surface area contributed by atoms with Crippen molar-refractivity contribution in [2.75, 3.05) is 10.7 Å². The van der Waals surface area contributed by atoms with Gasteiger partial charge in [0.25, 0.3) is 0 Å². The molecule has 8 nitrogen and oxygen atoms in total. The maximum absolute atomic E-state index is 13.0. The van der Waals surface area contributed by atoms with Crippen LogP contribution < -0.4 is 16.6 Å². The number of hydrazine groups is 1. The standard InChI is InChI=1S/C10H8BrFN6O2/c11-6-3-5(12)1-2-7(6)15-9-8(18(19)20)4-14-10(16-9)17-13/h1-4H,13H2,(H2,14,15,16,17). The van der Waals surface area contributed by atoms with E-state index in [-0.39, 0.29) is 17.5 Å². The van der Waals surface area contributed by atoms with Crippen LogP contribution in [0.1, 0.15) is 0 Å². The number of anilines is 3. The van der Waals surface area contributed by atoms with Crippen LogP contribution in [0.5, 0.6) is 0 Å². The lowest BCUT2D eigenvalue weighted by Gasteiger charge is -2.09. The van der Waals surface area contributed by atoms with E-state index in [1.807, 2.05) is 0 Å². The number of hydrogen-bond acceptors (Lipinski definition) is 7. The zero-order valence-corrected chi connectivity index (χ0v) is 11.4. The van der Waals surface area contributed by atoms with Crippen LogP contribution in [0.3, 0.4) is 0 Å². The minimum absolute atomic E-state index is 0.0105. The van der Waals surface area contributed by atoms with Crippen molar-refractivity contribution >= 4 is 39.1 Å². The highest BCUT2D eigenvalue weighted by molar-refractivity contribution is 9.10. The van der Waals surface area contributed by atoms with Gasteiger partial charge in [-0.05, 0) is 34.1 Å². The number of nitrogens with one attached hydrogen (secondary N) is 2. The molecule has 2 rings (SSSR count). The SMILES string of the molecule is NNc1ncc([N+](=O)[O-])c(Nc2ccc(F)cc2Br)n1. The van der Waals surface area contributed by atoms with Crippen LogP contribution in [0, 0.1) is 15.9 Å². The van der Waals surface area contributed by atoms with Gasteiger partial charge in [-0.2, -0.15) is 4.98 Å². The Balaban J connectivity index is 2.43. The molecule has 0 bridgehead atoms. The Morgan fingerprint density at radius 1 is 1.45 bits per heavy atom. The van der Waals surface area contributed by atoms with E-state index in [9.17, 15) is 14.5 Å². The fourth-order valence-electron chi connectivity index (χ4n) is 1.39. The average Bonchev–Trinajstić information content (AvgIpc) is 2.41. The van der Waals surface area contributed by atoms with Gasteiger partial charge in [-0.15, -0.1) is 0 Å². The van der Waals surface area contributed by atoms with Crippen molar-refractivity contribution in [1.82, 2.24) is 9.97 Å². The lowest BCUT2D eigenvalue weighted by Crippen LogP contribution is -2.12. The summed E-state index contributed by atoms with van der Waals surface area (Å²) in [6, 6.07) is 3.85. The molecule has 1 aromatic carbocycles. The van der Waals surface area contributed by atoms with Crippen molar-refractivity contribution in [3.05, 3.63) is 44.8 Å². The molecule has 0 unspecified atom stereocenters. The zero-order valence-electron chi connectivity index (χ0n) is 9.80. The summed E-state index contributed by atoms with van der Waals surface area (Å²) in [6.07, 6.45) is 1.02. The minimum atomic E-state index is -0.639. The second-order valence-corrected chi connectivity index (χ2v) is 4.43. The van der Waals surface area contributed by atoms with Crippen LogP contribution >= 0.6 is 15.9 Å². The largest absolute Gasteiger partial charge is 0.333 e. The molecule has 0 spiro atoms. The van der Waals surface area contributed by atoms with Crippen molar-refractivity contribution in [3.8, 4) is 0 Å². The first kappa shape index (κ1) is 14.1. The van der Waals surface area contributed by atoms with Gasteiger partial charge in [0.05, 0.1) is 10.6 Å². The van der Waals surface area contributed by atoms with Crippen molar-refractivity contribution in [2.45, 2.75) is 0 Å². The number of nitrogen functional groups attached to an aromatic ring is 1. The molecule has 0 amide bonds. The summed E-state index contributed by atoms with van der Waals surface area (Å²) < 4.78 is 13.4. The quantitative estimate of drug-likeness (QED) is 0.443. The van der Waals surface area contributed by atoms with E-state index >= 15 is 0 Å². The summed E-state index contributed by atoms with van der Waals surface area (Å²) in [5.74, 6) is 4.66. The van der Waals surface area contributed by atoms with Crippen LogP contribution in [0.25, 0.3) is 0 Å². The number of rotatable bonds is 4. The van der Waals surface area contributed by atoms with Gasteiger partial charge >= 0.3 is 5.69 Å². The van der Waals surface area contributed by atoms with Crippen LogP contribution in [-0.2, 0) is 0 Å². The van der Waals surface area contributed by atoms with Crippen molar-refractivity contribution < 1.29 is 9.31 Å². The van der Waals surface area contributed by atoms with Crippen molar-refractivity contribution in [2.24, 2.45) is 5.84 Å². The van der Waals surface area contributed by atoms with Gasteiger partial charge in [0.2, 0.25) is 11.8 Å². The van der Waals surface area contributed by atoms with Gasteiger partial charge in [-0.1, -0.05) is 0 Å². The third-order valence-corrected chi connectivity index (χ3v) is 2.94. The first-order valence-electron chi connectivity index (χ1n) is 5.21. The lowest BCUT2D eigenvalue weighted by molar-refractivity contribution is -0.384. The van der Waals surface area contributed by atoms with Gasteiger partial charge < -0.3 is 5.32 Å². The average molecular weight is 343 g/mol. The molecule has 0 aliphatic carbocycles. The summed E-state index contributed by atoms with van der Waals surface area (Å²) in [5.41, 5.74) is 2.27. The number of nitrogens with two attached hydrogens (primary N) is 1. The molecule has 0 atom stereocenters. The molecule has 0 fully saturated rings. The molecular weight excluding hydrogens is 335 g/mol. The number of aromatic nitrogens is 2. The monoisotopic (exact) mass is 342 g/mol. The normalized spacial score (nSPS) is 10.2. The smallest absolute Gasteiger partial charge is 0.329 e. The summed E-state index contributed by atoms with van der Waals surface area (Å²) in [6.45, 7) is 0. The zero-order chi connectivity index (χ0) is 14.7. The van der Waals surface area contributed by atoms with Crippen LogP contribution in [0.2, 0.25) is 0 Å². The molecule has 2 aromatic rings. The van der Waals surface area contributed by atoms with Gasteiger partial charge in [-0.3, -0.25) is 15.5 Å². The van der Waals surface area contributed by atoms with Gasteiger partial charge in [-0.25, -0.2) is 15.2 Å². The second kappa shape index (κ2) is 5.75. The maximum Gasteiger partial charge on any atom is 0.329 e. The number of hydrogen-bond donors (Lipinski definition) is 3. The molecule has 104 valence electrons. The van der Waals surface area contributed by atoms with Crippen LogP contribution in [0.4, 0.5) is 27.5 Å². The van der Waals surface area contributed by atoms with Crippen LogP contribution in [-0.4, -0.2) is 14.9 Å². The predicted molar refractivity (Wildman–Crippen MR) is 73.9 cm³/mol. The second-order valence-electron chi connectivity index (χ2n) is 3.58. The topological polar surface area (TPSA) is 119 Å². The van der Waals surface area contributed by atoms with Gasteiger partial charge in [0.15, 0.2) is 0 Å². The van der Waals surface area contributed by atoms with E-state index < -0.39 is 10.7 Å². The summed E-state index contributed by atoms with van der Waals surface area (Å²) in [4.78, 5) is 17.8. The molecular formula is C10H8BrFN6O2. The first-order chi connectivity index (χ1) is 9.51. The molecule has 20 heavy (non-hydrogen) atoms. The third-order valence-electron chi connectivity index (χ3n) is 2.28. The Morgan fingerprint density at radius 2 is 2.20 bits per heavy atom. The molecule has 0 saturated heterocycles. The molecule has 10 heteroatoms. The van der Waals surface area contributed by atoms with E-state index in [1.54, 1.807) is 0 Å². The number of benzene rings is 1. The Hall–Kier alpha value is -2.33. The Labute approximate surface area is 120 Å². The molecule has 0 aliphatic heterocycles. The fraction of sp³-hybridized carbons (Fsp3) is 0. The van der Waals surface area contributed by atoms with E-state index in [0.29, 0.717) is 10.2 Å².